The summed E-state index contributed by atoms with van der Waals surface area (Å²) in [4.78, 5) is 2.54. The van der Waals surface area contributed by atoms with Crippen LogP contribution in [0, 0.1) is 0 Å². The molecule has 1 aromatic rings. The number of azide groups is 1. The van der Waals surface area contributed by atoms with Crippen LogP contribution in [0.25, 0.3) is 10.4 Å². The highest BCUT2D eigenvalue weighted by atomic mass is 32.2. The molecule has 0 N–H and O–H groups in total. The Balaban J connectivity index is 2.42. The van der Waals surface area contributed by atoms with Gasteiger partial charge >= 0.3 is 6.18 Å². The Morgan fingerprint density at radius 3 is 2.13 bits per heavy atom. The summed E-state index contributed by atoms with van der Waals surface area (Å²) >= 11 is 0. The topological polar surface area (TPSA) is 82.9 Å². The van der Waals surface area contributed by atoms with Gasteiger partial charge in [0.05, 0.1) is 16.2 Å². The summed E-state index contributed by atoms with van der Waals surface area (Å²) in [5.41, 5.74) is 7.23. The molecule has 128 valence electrons. The van der Waals surface area contributed by atoms with Gasteiger partial charge in [0.25, 0.3) is 0 Å². The van der Waals surface area contributed by atoms with Crippen molar-refractivity contribution < 1.29 is 21.6 Å². The van der Waals surface area contributed by atoms with E-state index in [1.54, 1.807) is 0 Å². The van der Waals surface area contributed by atoms with Gasteiger partial charge in [-0.2, -0.15) is 13.2 Å². The van der Waals surface area contributed by atoms with E-state index in [1.165, 1.54) is 0 Å². The molecule has 0 aliphatic carbocycles. The van der Waals surface area contributed by atoms with Crippen LogP contribution in [0.1, 0.15) is 37.7 Å². The van der Waals surface area contributed by atoms with Gasteiger partial charge in [0.1, 0.15) is 0 Å². The molecule has 0 heterocycles. The Bertz CT molecular complexity index is 636. The third kappa shape index (κ3) is 6.92. The second-order valence-electron chi connectivity index (χ2n) is 5.06. The lowest BCUT2D eigenvalue weighted by molar-refractivity contribution is -0.137. The SMILES string of the molecule is [N-]=[N+]=NCCCCCCCS(=O)(=O)c1ccc(C(F)(F)F)cc1. The van der Waals surface area contributed by atoms with Gasteiger partial charge < -0.3 is 0 Å². The van der Waals surface area contributed by atoms with Gasteiger partial charge in [-0.3, -0.25) is 0 Å². The summed E-state index contributed by atoms with van der Waals surface area (Å²) < 4.78 is 61.4. The first-order chi connectivity index (χ1) is 10.8. The lowest BCUT2D eigenvalue weighted by Gasteiger charge is -2.08. The fourth-order valence-corrected chi connectivity index (χ4v) is 3.39. The van der Waals surface area contributed by atoms with Crippen LogP contribution in [0.15, 0.2) is 34.3 Å². The van der Waals surface area contributed by atoms with E-state index in [0.717, 1.165) is 43.5 Å². The van der Waals surface area contributed by atoms with Gasteiger partial charge in [-0.05, 0) is 42.6 Å². The van der Waals surface area contributed by atoms with E-state index in [-0.39, 0.29) is 10.6 Å². The molecule has 0 saturated carbocycles. The normalized spacial score (nSPS) is 12.0. The minimum absolute atomic E-state index is 0.0886. The summed E-state index contributed by atoms with van der Waals surface area (Å²) in [5.74, 6) is -0.0886. The molecule has 0 unspecified atom stereocenters. The number of alkyl halides is 3. The van der Waals surface area contributed by atoms with Crippen molar-refractivity contribution in [1.82, 2.24) is 0 Å². The average Bonchev–Trinajstić information content (AvgIpc) is 2.49. The molecule has 0 bridgehead atoms. The van der Waals surface area contributed by atoms with Gasteiger partial charge in [0.15, 0.2) is 9.84 Å². The first-order valence-electron chi connectivity index (χ1n) is 7.18. The third-order valence-electron chi connectivity index (χ3n) is 3.28. The lowest BCUT2D eigenvalue weighted by atomic mass is 10.2. The van der Waals surface area contributed by atoms with E-state index in [4.69, 9.17) is 5.53 Å². The minimum atomic E-state index is -4.47. The van der Waals surface area contributed by atoms with Crippen molar-refractivity contribution in [3.05, 3.63) is 40.3 Å². The summed E-state index contributed by atoms with van der Waals surface area (Å²) in [6, 6.07) is 3.56. The zero-order valence-corrected chi connectivity index (χ0v) is 13.3. The van der Waals surface area contributed by atoms with Crippen LogP contribution in [-0.4, -0.2) is 20.7 Å². The van der Waals surface area contributed by atoms with Crippen LogP contribution in [-0.2, 0) is 16.0 Å². The predicted molar refractivity (Wildman–Crippen MR) is 80.6 cm³/mol. The van der Waals surface area contributed by atoms with Crippen LogP contribution < -0.4 is 0 Å². The maximum absolute atomic E-state index is 12.4. The van der Waals surface area contributed by atoms with Crippen molar-refractivity contribution in [2.24, 2.45) is 5.11 Å². The summed E-state index contributed by atoms with van der Waals surface area (Å²) in [6.07, 6.45) is -0.891. The number of sulfone groups is 1. The van der Waals surface area contributed by atoms with E-state index in [1.807, 2.05) is 0 Å². The first-order valence-corrected chi connectivity index (χ1v) is 8.83. The summed E-state index contributed by atoms with van der Waals surface area (Å²) in [6.45, 7) is 0.431. The highest BCUT2D eigenvalue weighted by Crippen LogP contribution is 2.29. The van der Waals surface area contributed by atoms with Crippen LogP contribution in [0.3, 0.4) is 0 Å². The maximum atomic E-state index is 12.4. The second-order valence-corrected chi connectivity index (χ2v) is 7.17. The van der Waals surface area contributed by atoms with Gasteiger partial charge in [0.2, 0.25) is 0 Å². The van der Waals surface area contributed by atoms with Crippen molar-refractivity contribution >= 4 is 9.84 Å². The molecule has 0 atom stereocenters. The molecule has 1 aromatic carbocycles. The summed E-state index contributed by atoms with van der Waals surface area (Å²) in [5, 5.41) is 3.40. The highest BCUT2D eigenvalue weighted by molar-refractivity contribution is 7.91. The number of hydrogen-bond acceptors (Lipinski definition) is 3. The molecule has 0 aliphatic heterocycles. The van der Waals surface area contributed by atoms with Crippen molar-refractivity contribution in [1.29, 1.82) is 0 Å². The zero-order valence-electron chi connectivity index (χ0n) is 12.5. The van der Waals surface area contributed by atoms with E-state index >= 15 is 0 Å². The molecule has 9 heteroatoms. The van der Waals surface area contributed by atoms with Crippen molar-refractivity contribution in [2.75, 3.05) is 12.3 Å². The largest absolute Gasteiger partial charge is 0.416 e. The molecule has 0 amide bonds. The average molecular weight is 349 g/mol. The van der Waals surface area contributed by atoms with E-state index in [9.17, 15) is 21.6 Å². The molecule has 0 aromatic heterocycles. The van der Waals surface area contributed by atoms with Gasteiger partial charge in [0, 0.05) is 11.5 Å². The maximum Gasteiger partial charge on any atom is 0.416 e. The molecule has 0 radical (unpaired) electrons. The Morgan fingerprint density at radius 1 is 1.00 bits per heavy atom. The van der Waals surface area contributed by atoms with Crippen LogP contribution in [0.2, 0.25) is 0 Å². The quantitative estimate of drug-likeness (QED) is 0.279. The minimum Gasteiger partial charge on any atom is -0.224 e. The molecular weight excluding hydrogens is 331 g/mol. The molecule has 0 saturated heterocycles. The van der Waals surface area contributed by atoms with Crippen LogP contribution in [0.5, 0.6) is 0 Å². The third-order valence-corrected chi connectivity index (χ3v) is 5.09. The highest BCUT2D eigenvalue weighted by Gasteiger charge is 2.30. The number of hydrogen-bond donors (Lipinski definition) is 0. The van der Waals surface area contributed by atoms with E-state index in [0.29, 0.717) is 19.4 Å². The molecular formula is C14H18F3N3O2S. The van der Waals surface area contributed by atoms with E-state index < -0.39 is 21.6 Å². The van der Waals surface area contributed by atoms with Crippen LogP contribution in [0.4, 0.5) is 13.2 Å². The van der Waals surface area contributed by atoms with Crippen molar-refractivity contribution in [2.45, 2.75) is 43.2 Å². The van der Waals surface area contributed by atoms with Crippen LogP contribution >= 0.6 is 0 Å². The Labute approximate surface area is 133 Å². The lowest BCUT2D eigenvalue weighted by Crippen LogP contribution is -2.09. The summed E-state index contributed by atoms with van der Waals surface area (Å²) in [7, 11) is -3.56. The fourth-order valence-electron chi connectivity index (χ4n) is 2.02. The number of rotatable bonds is 9. The number of benzene rings is 1. The molecule has 0 aliphatic rings. The molecule has 0 fully saturated rings. The first kappa shape index (κ1) is 19.3. The molecule has 23 heavy (non-hydrogen) atoms. The molecule has 1 rings (SSSR count). The Hall–Kier alpha value is -1.73. The zero-order chi connectivity index (χ0) is 17.3. The Morgan fingerprint density at radius 2 is 1.57 bits per heavy atom. The monoisotopic (exact) mass is 349 g/mol. The number of unbranched alkanes of at least 4 members (excludes halogenated alkanes) is 4. The van der Waals surface area contributed by atoms with Crippen molar-refractivity contribution in [3.8, 4) is 0 Å². The molecule has 0 spiro atoms. The van der Waals surface area contributed by atoms with E-state index in [2.05, 4.69) is 10.0 Å². The standard InChI is InChI=1S/C14H18F3N3O2S/c15-14(16,17)12-6-8-13(9-7-12)23(21,22)11-5-3-1-2-4-10-19-20-18/h6-9H,1-5,10-11H2. The second kappa shape index (κ2) is 8.79. The number of halogens is 3. The number of nitrogens with zero attached hydrogens (tertiary/aromatic N) is 3. The van der Waals surface area contributed by atoms with Gasteiger partial charge in [-0.25, -0.2) is 8.42 Å². The smallest absolute Gasteiger partial charge is 0.224 e. The van der Waals surface area contributed by atoms with Gasteiger partial charge in [-0.15, -0.1) is 0 Å². The molecule has 5 nitrogen and oxygen atoms in total. The van der Waals surface area contributed by atoms with Gasteiger partial charge in [-0.1, -0.05) is 24.4 Å². The van der Waals surface area contributed by atoms with Crippen molar-refractivity contribution in [3.63, 3.8) is 0 Å². The fraction of sp³-hybridized carbons (Fsp3) is 0.571. The Kier molecular flexibility index (Phi) is 7.38. The predicted octanol–water partition coefficient (Wildman–Crippen LogP) is 4.74.